The topological polar surface area (TPSA) is 12.0 Å². The molecule has 1 unspecified atom stereocenters. The minimum atomic E-state index is 0.340. The summed E-state index contributed by atoms with van der Waals surface area (Å²) in [6, 6.07) is 2.33. The molecule has 0 saturated carbocycles. The summed E-state index contributed by atoms with van der Waals surface area (Å²) in [5.74, 6) is 0. The highest BCUT2D eigenvalue weighted by molar-refractivity contribution is 7.20. The van der Waals surface area contributed by atoms with Crippen LogP contribution in [0.25, 0.3) is 0 Å². The summed E-state index contributed by atoms with van der Waals surface area (Å²) >= 11 is 13.6. The predicted molar refractivity (Wildman–Crippen MR) is 84.1 cm³/mol. The molecule has 1 rings (SSSR count). The van der Waals surface area contributed by atoms with E-state index in [0.29, 0.717) is 6.04 Å². The number of thiophene rings is 1. The van der Waals surface area contributed by atoms with Crippen molar-refractivity contribution in [3.8, 4) is 0 Å². The van der Waals surface area contributed by atoms with E-state index in [1.807, 2.05) is 13.1 Å². The van der Waals surface area contributed by atoms with Crippen molar-refractivity contribution in [2.75, 3.05) is 7.05 Å². The Morgan fingerprint density at radius 1 is 1.17 bits per heavy atom. The highest BCUT2D eigenvalue weighted by Crippen LogP contribution is 2.36. The number of unbranched alkanes of at least 4 members (excludes halogenated alkanes) is 5. The van der Waals surface area contributed by atoms with Crippen LogP contribution in [0.3, 0.4) is 0 Å². The number of halogens is 2. The van der Waals surface area contributed by atoms with E-state index >= 15 is 0 Å². The Kier molecular flexibility index (Phi) is 8.32. The lowest BCUT2D eigenvalue weighted by molar-refractivity contribution is 0.499. The van der Waals surface area contributed by atoms with Crippen molar-refractivity contribution in [3.05, 3.63) is 20.3 Å². The first-order chi connectivity index (χ1) is 8.69. The first-order valence-electron chi connectivity index (χ1n) is 6.81. The molecule has 0 saturated heterocycles. The fourth-order valence-electron chi connectivity index (χ4n) is 2.17. The molecule has 4 heteroatoms. The minimum absolute atomic E-state index is 0.340. The SMILES string of the molecule is CCCCCCCCC(NC)c1cc(Cl)sc1Cl. The van der Waals surface area contributed by atoms with E-state index < -0.39 is 0 Å². The summed E-state index contributed by atoms with van der Waals surface area (Å²) < 4.78 is 1.60. The number of hydrogen-bond donors (Lipinski definition) is 1. The molecule has 0 radical (unpaired) electrons. The van der Waals surface area contributed by atoms with E-state index in [-0.39, 0.29) is 0 Å². The number of nitrogens with one attached hydrogen (secondary N) is 1. The molecule has 104 valence electrons. The van der Waals surface area contributed by atoms with E-state index in [0.717, 1.165) is 20.7 Å². The maximum Gasteiger partial charge on any atom is 0.0991 e. The third-order valence-electron chi connectivity index (χ3n) is 3.25. The van der Waals surface area contributed by atoms with Gasteiger partial charge in [0, 0.05) is 11.6 Å². The maximum absolute atomic E-state index is 6.19. The number of rotatable bonds is 9. The van der Waals surface area contributed by atoms with Gasteiger partial charge in [-0.05, 0) is 19.5 Å². The van der Waals surface area contributed by atoms with Crippen LogP contribution in [0.15, 0.2) is 6.07 Å². The molecule has 0 spiro atoms. The van der Waals surface area contributed by atoms with Gasteiger partial charge in [-0.15, -0.1) is 11.3 Å². The Morgan fingerprint density at radius 2 is 1.83 bits per heavy atom. The van der Waals surface area contributed by atoms with Crippen LogP contribution in [0.5, 0.6) is 0 Å². The van der Waals surface area contributed by atoms with Gasteiger partial charge < -0.3 is 5.32 Å². The monoisotopic (exact) mass is 307 g/mol. The lowest BCUT2D eigenvalue weighted by atomic mass is 10.0. The van der Waals surface area contributed by atoms with Crippen molar-refractivity contribution in [1.29, 1.82) is 0 Å². The first kappa shape index (κ1) is 16.3. The van der Waals surface area contributed by atoms with Crippen LogP contribution in [-0.2, 0) is 0 Å². The summed E-state index contributed by atoms with van der Waals surface area (Å²) in [6.07, 6.45) is 9.08. The molecule has 0 fully saturated rings. The normalized spacial score (nSPS) is 12.9. The van der Waals surface area contributed by atoms with Gasteiger partial charge in [0.1, 0.15) is 0 Å². The Labute approximate surface area is 125 Å². The van der Waals surface area contributed by atoms with E-state index in [2.05, 4.69) is 12.2 Å². The Balaban J connectivity index is 2.32. The third kappa shape index (κ3) is 5.48. The second kappa shape index (κ2) is 9.19. The summed E-state index contributed by atoms with van der Waals surface area (Å²) in [6.45, 7) is 2.25. The van der Waals surface area contributed by atoms with Crippen molar-refractivity contribution >= 4 is 34.5 Å². The average Bonchev–Trinajstić information content (AvgIpc) is 2.68. The lowest BCUT2D eigenvalue weighted by Crippen LogP contribution is -2.15. The second-order valence-corrected chi connectivity index (χ2v) is 6.96. The van der Waals surface area contributed by atoms with Crippen LogP contribution in [0, 0.1) is 0 Å². The highest BCUT2D eigenvalue weighted by atomic mass is 35.5. The van der Waals surface area contributed by atoms with Crippen molar-refractivity contribution in [3.63, 3.8) is 0 Å². The molecule has 1 nitrogen and oxygen atoms in total. The third-order valence-corrected chi connectivity index (χ3v) is 4.77. The Hall–Kier alpha value is 0.240. The van der Waals surface area contributed by atoms with Gasteiger partial charge in [-0.25, -0.2) is 0 Å². The summed E-state index contributed by atoms with van der Waals surface area (Å²) in [4.78, 5) is 0. The van der Waals surface area contributed by atoms with E-state index in [9.17, 15) is 0 Å². The van der Waals surface area contributed by atoms with Gasteiger partial charge in [0.2, 0.25) is 0 Å². The molecular formula is C14H23Cl2NS. The van der Waals surface area contributed by atoms with Gasteiger partial charge in [0.05, 0.1) is 8.67 Å². The van der Waals surface area contributed by atoms with Crippen molar-refractivity contribution in [1.82, 2.24) is 5.32 Å². The van der Waals surface area contributed by atoms with Crippen LogP contribution >= 0.6 is 34.5 Å². The summed E-state index contributed by atoms with van der Waals surface area (Å²) in [7, 11) is 1.99. The smallest absolute Gasteiger partial charge is 0.0991 e. The molecule has 1 aromatic heterocycles. The van der Waals surface area contributed by atoms with Gasteiger partial charge in [-0.3, -0.25) is 0 Å². The van der Waals surface area contributed by atoms with Crippen LogP contribution in [0.4, 0.5) is 0 Å². The lowest BCUT2D eigenvalue weighted by Gasteiger charge is -2.15. The zero-order valence-electron chi connectivity index (χ0n) is 11.3. The molecule has 0 bridgehead atoms. The van der Waals surface area contributed by atoms with Crippen molar-refractivity contribution in [2.45, 2.75) is 57.9 Å². The molecule has 1 aromatic rings. The zero-order chi connectivity index (χ0) is 13.4. The van der Waals surface area contributed by atoms with E-state index in [4.69, 9.17) is 23.2 Å². The van der Waals surface area contributed by atoms with Crippen molar-refractivity contribution < 1.29 is 0 Å². The quantitative estimate of drug-likeness (QED) is 0.546. The largest absolute Gasteiger partial charge is 0.313 e. The molecular weight excluding hydrogens is 285 g/mol. The standard InChI is InChI=1S/C14H23Cl2NS/c1-3-4-5-6-7-8-9-12(17-2)11-10-13(15)18-14(11)16/h10,12,17H,3-9H2,1-2H3. The zero-order valence-corrected chi connectivity index (χ0v) is 13.6. The van der Waals surface area contributed by atoms with Gasteiger partial charge in [0.25, 0.3) is 0 Å². The highest BCUT2D eigenvalue weighted by Gasteiger charge is 2.15. The molecule has 0 amide bonds. The van der Waals surface area contributed by atoms with Crippen LogP contribution in [0.1, 0.15) is 63.5 Å². The Morgan fingerprint density at radius 3 is 2.39 bits per heavy atom. The van der Waals surface area contributed by atoms with Crippen molar-refractivity contribution in [2.24, 2.45) is 0 Å². The molecule has 1 N–H and O–H groups in total. The van der Waals surface area contributed by atoms with Gasteiger partial charge in [-0.2, -0.15) is 0 Å². The number of hydrogen-bond acceptors (Lipinski definition) is 2. The molecule has 0 aliphatic heterocycles. The first-order valence-corrected chi connectivity index (χ1v) is 8.38. The van der Waals surface area contributed by atoms with E-state index in [1.54, 1.807) is 0 Å². The van der Waals surface area contributed by atoms with Crippen LogP contribution in [0.2, 0.25) is 8.67 Å². The fourth-order valence-corrected chi connectivity index (χ4v) is 3.75. The molecule has 1 atom stereocenters. The minimum Gasteiger partial charge on any atom is -0.313 e. The molecule has 0 aliphatic rings. The average molecular weight is 308 g/mol. The second-order valence-electron chi connectivity index (χ2n) is 4.68. The van der Waals surface area contributed by atoms with Gasteiger partial charge in [-0.1, -0.05) is 68.7 Å². The Bertz CT molecular complexity index is 339. The molecule has 1 heterocycles. The summed E-state index contributed by atoms with van der Waals surface area (Å²) in [5, 5.41) is 3.34. The summed E-state index contributed by atoms with van der Waals surface area (Å²) in [5.41, 5.74) is 1.16. The predicted octanol–water partition coefficient (Wildman–Crippen LogP) is 6.07. The van der Waals surface area contributed by atoms with Gasteiger partial charge in [0.15, 0.2) is 0 Å². The molecule has 0 aliphatic carbocycles. The van der Waals surface area contributed by atoms with Gasteiger partial charge >= 0.3 is 0 Å². The van der Waals surface area contributed by atoms with Crippen LogP contribution < -0.4 is 5.32 Å². The molecule has 0 aromatic carbocycles. The van der Waals surface area contributed by atoms with E-state index in [1.165, 1.54) is 49.9 Å². The fraction of sp³-hybridized carbons (Fsp3) is 0.714. The van der Waals surface area contributed by atoms with Crippen LogP contribution in [-0.4, -0.2) is 7.05 Å². The molecule has 18 heavy (non-hydrogen) atoms. The maximum atomic E-state index is 6.19.